The molecule has 1 saturated heterocycles. The van der Waals surface area contributed by atoms with Crippen LogP contribution in [0.1, 0.15) is 33.6 Å². The van der Waals surface area contributed by atoms with Crippen molar-refractivity contribution in [2.75, 3.05) is 19.6 Å². The van der Waals surface area contributed by atoms with Gasteiger partial charge in [-0.2, -0.15) is 5.10 Å². The highest BCUT2D eigenvalue weighted by Crippen LogP contribution is 2.29. The molecule has 0 aliphatic carbocycles. The van der Waals surface area contributed by atoms with Crippen molar-refractivity contribution in [1.29, 1.82) is 0 Å². The Morgan fingerprint density at radius 1 is 1.14 bits per heavy atom. The van der Waals surface area contributed by atoms with E-state index in [9.17, 15) is 4.79 Å². The maximum Gasteiger partial charge on any atom is 0.419 e. The van der Waals surface area contributed by atoms with Crippen LogP contribution in [-0.2, 0) is 11.3 Å². The lowest BCUT2D eigenvalue weighted by Gasteiger charge is -2.19. The molecule has 0 N–H and O–H groups in total. The van der Waals surface area contributed by atoms with Crippen LogP contribution in [0.2, 0.25) is 0 Å². The van der Waals surface area contributed by atoms with Crippen LogP contribution in [0.15, 0.2) is 36.8 Å². The zero-order chi connectivity index (χ0) is 20.6. The Morgan fingerprint density at radius 2 is 1.90 bits per heavy atom. The number of halogens is 1. The number of hydrogen-bond donors (Lipinski definition) is 0. The molecule has 3 heterocycles. The van der Waals surface area contributed by atoms with Gasteiger partial charge in [0.05, 0.1) is 18.3 Å². The number of hydrogen-bond acceptors (Lipinski definition) is 4. The van der Waals surface area contributed by atoms with E-state index in [1.54, 1.807) is 4.57 Å². The van der Waals surface area contributed by atoms with Crippen LogP contribution in [0.4, 0.5) is 4.79 Å². The van der Waals surface area contributed by atoms with Gasteiger partial charge in [0.2, 0.25) is 0 Å². The second-order valence-electron chi connectivity index (χ2n) is 8.60. The van der Waals surface area contributed by atoms with Crippen LogP contribution in [0.25, 0.3) is 22.0 Å². The fourth-order valence-corrected chi connectivity index (χ4v) is 4.43. The topological polar surface area (TPSA) is 52.3 Å². The summed E-state index contributed by atoms with van der Waals surface area (Å²) in [4.78, 5) is 15.0. The average molecular weight is 506 g/mol. The van der Waals surface area contributed by atoms with E-state index in [4.69, 9.17) is 4.74 Å². The maximum atomic E-state index is 12.5. The van der Waals surface area contributed by atoms with Crippen LogP contribution in [0, 0.1) is 3.57 Å². The molecule has 0 saturated carbocycles. The van der Waals surface area contributed by atoms with Crippen molar-refractivity contribution in [2.24, 2.45) is 0 Å². The summed E-state index contributed by atoms with van der Waals surface area (Å²) in [6.07, 6.45) is 8.13. The van der Waals surface area contributed by atoms with E-state index in [0.29, 0.717) is 0 Å². The Balaban J connectivity index is 1.55. The molecule has 2 aromatic heterocycles. The van der Waals surface area contributed by atoms with Gasteiger partial charge in [-0.1, -0.05) is 6.07 Å². The first-order valence-electron chi connectivity index (χ1n) is 10.1. The Hall–Kier alpha value is -1.87. The van der Waals surface area contributed by atoms with Gasteiger partial charge in [-0.3, -0.25) is 9.25 Å². The highest BCUT2D eigenvalue weighted by Gasteiger charge is 2.20. The summed E-state index contributed by atoms with van der Waals surface area (Å²) >= 11 is 2.27. The molecular formula is C22H27IN4O2. The Labute approximate surface area is 185 Å². The van der Waals surface area contributed by atoms with E-state index in [1.807, 2.05) is 50.0 Å². The number of carbonyl (C=O) groups excluding carboxylic acids is 1. The van der Waals surface area contributed by atoms with E-state index < -0.39 is 5.60 Å². The zero-order valence-electron chi connectivity index (χ0n) is 17.2. The van der Waals surface area contributed by atoms with Gasteiger partial charge in [0.15, 0.2) is 0 Å². The molecule has 1 aliphatic heterocycles. The molecule has 0 radical (unpaired) electrons. The molecule has 0 amide bonds. The molecule has 3 aromatic rings. The largest absolute Gasteiger partial charge is 0.443 e. The van der Waals surface area contributed by atoms with E-state index in [1.165, 1.54) is 25.9 Å². The normalized spacial score (nSPS) is 15.3. The molecule has 1 aromatic carbocycles. The third-order valence-corrected chi connectivity index (χ3v) is 6.02. The summed E-state index contributed by atoms with van der Waals surface area (Å²) in [5.74, 6) is 0. The minimum atomic E-state index is -0.525. The van der Waals surface area contributed by atoms with Crippen LogP contribution >= 0.6 is 22.6 Å². The number of ether oxygens (including phenoxy) is 1. The fraction of sp³-hybridized carbons (Fsp3) is 0.455. The second kappa shape index (κ2) is 8.10. The predicted octanol–water partition coefficient (Wildman–Crippen LogP) is 4.99. The number of likely N-dealkylation sites (tertiary alicyclic amines) is 1. The number of aromatic nitrogens is 3. The van der Waals surface area contributed by atoms with Crippen LogP contribution in [0.3, 0.4) is 0 Å². The van der Waals surface area contributed by atoms with Crippen molar-refractivity contribution in [3.05, 3.63) is 40.4 Å². The zero-order valence-corrected chi connectivity index (χ0v) is 19.3. The summed E-state index contributed by atoms with van der Waals surface area (Å²) in [5, 5.41) is 5.58. The Morgan fingerprint density at radius 3 is 2.62 bits per heavy atom. The Bertz CT molecular complexity index is 1030. The van der Waals surface area contributed by atoms with Crippen molar-refractivity contribution < 1.29 is 9.53 Å². The van der Waals surface area contributed by atoms with E-state index >= 15 is 0 Å². The van der Waals surface area contributed by atoms with Gasteiger partial charge in [-0.25, -0.2) is 4.79 Å². The van der Waals surface area contributed by atoms with Gasteiger partial charge in [-0.05, 0) is 87.0 Å². The summed E-state index contributed by atoms with van der Waals surface area (Å²) in [5.41, 5.74) is 2.52. The summed E-state index contributed by atoms with van der Waals surface area (Å²) in [7, 11) is 0. The highest BCUT2D eigenvalue weighted by molar-refractivity contribution is 14.1. The van der Waals surface area contributed by atoms with Crippen molar-refractivity contribution in [3.8, 4) is 11.1 Å². The number of benzene rings is 1. The smallest absolute Gasteiger partial charge is 0.419 e. The molecular weight excluding hydrogens is 479 g/mol. The monoisotopic (exact) mass is 506 g/mol. The molecule has 7 heteroatoms. The SMILES string of the molecule is CC(C)(C)OC(=O)n1cc(I)c2cc(-c3cnn(CCN4CCCC4)c3)ccc21. The molecule has 0 bridgehead atoms. The molecule has 0 unspecified atom stereocenters. The van der Waals surface area contributed by atoms with Crippen molar-refractivity contribution in [1.82, 2.24) is 19.2 Å². The van der Waals surface area contributed by atoms with E-state index in [0.717, 1.165) is 38.7 Å². The molecule has 154 valence electrons. The Kier molecular flexibility index (Phi) is 5.70. The molecule has 29 heavy (non-hydrogen) atoms. The summed E-state index contributed by atoms with van der Waals surface area (Å²) in [6, 6.07) is 6.15. The van der Waals surface area contributed by atoms with Crippen molar-refractivity contribution in [2.45, 2.75) is 45.8 Å². The van der Waals surface area contributed by atoms with E-state index in [-0.39, 0.29) is 6.09 Å². The van der Waals surface area contributed by atoms with Gasteiger partial charge in [-0.15, -0.1) is 0 Å². The van der Waals surface area contributed by atoms with Gasteiger partial charge >= 0.3 is 6.09 Å². The number of nitrogens with zero attached hydrogens (tertiary/aromatic N) is 4. The van der Waals surface area contributed by atoms with Crippen LogP contribution < -0.4 is 0 Å². The summed E-state index contributed by atoms with van der Waals surface area (Å²) in [6.45, 7) is 10.0. The lowest BCUT2D eigenvalue weighted by atomic mass is 10.1. The molecule has 4 rings (SSSR count). The van der Waals surface area contributed by atoms with E-state index in [2.05, 4.69) is 44.9 Å². The standard InChI is InChI=1S/C22H27IN4O2/c1-22(2,3)29-21(28)27-15-19(23)18-12-16(6-7-20(18)27)17-13-24-26(14-17)11-10-25-8-4-5-9-25/h6-7,12-15H,4-5,8-11H2,1-3H3. The highest BCUT2D eigenvalue weighted by atomic mass is 127. The fourth-order valence-electron chi connectivity index (χ4n) is 3.72. The van der Waals surface area contributed by atoms with Crippen molar-refractivity contribution >= 4 is 39.6 Å². The van der Waals surface area contributed by atoms with Gasteiger partial charge in [0.1, 0.15) is 5.60 Å². The number of fused-ring (bicyclic) bond motifs is 1. The van der Waals surface area contributed by atoms with Crippen LogP contribution in [-0.4, -0.2) is 50.6 Å². The molecule has 6 nitrogen and oxygen atoms in total. The lowest BCUT2D eigenvalue weighted by molar-refractivity contribution is 0.0544. The molecule has 0 spiro atoms. The third-order valence-electron chi connectivity index (χ3n) is 5.16. The van der Waals surface area contributed by atoms with Crippen molar-refractivity contribution in [3.63, 3.8) is 0 Å². The molecule has 1 fully saturated rings. The number of carbonyl (C=O) groups is 1. The molecule has 0 atom stereocenters. The minimum Gasteiger partial charge on any atom is -0.443 e. The minimum absolute atomic E-state index is 0.354. The van der Waals surface area contributed by atoms with Crippen LogP contribution in [0.5, 0.6) is 0 Å². The quantitative estimate of drug-likeness (QED) is 0.468. The van der Waals surface area contributed by atoms with Gasteiger partial charge in [0, 0.05) is 33.5 Å². The average Bonchev–Trinajstić information content (AvgIpc) is 3.39. The maximum absolute atomic E-state index is 12.5. The lowest BCUT2D eigenvalue weighted by Crippen LogP contribution is -2.26. The van der Waals surface area contributed by atoms with Gasteiger partial charge in [0.25, 0.3) is 0 Å². The first-order chi connectivity index (χ1) is 13.8. The first kappa shape index (κ1) is 20.4. The second-order valence-corrected chi connectivity index (χ2v) is 9.76. The first-order valence-corrected chi connectivity index (χ1v) is 11.2. The third kappa shape index (κ3) is 4.66. The number of rotatable bonds is 4. The summed E-state index contributed by atoms with van der Waals surface area (Å²) < 4.78 is 10.2. The van der Waals surface area contributed by atoms with Gasteiger partial charge < -0.3 is 9.64 Å². The predicted molar refractivity (Wildman–Crippen MR) is 123 cm³/mol. The molecule has 1 aliphatic rings.